The van der Waals surface area contributed by atoms with E-state index in [9.17, 15) is 0 Å². The molecule has 1 nitrogen and oxygen atoms in total. The van der Waals surface area contributed by atoms with E-state index in [4.69, 9.17) is 4.74 Å². The van der Waals surface area contributed by atoms with Crippen LogP contribution in [-0.4, -0.2) is 7.11 Å². The first-order valence-corrected chi connectivity index (χ1v) is 6.22. The van der Waals surface area contributed by atoms with Gasteiger partial charge in [-0.25, -0.2) is 0 Å². The van der Waals surface area contributed by atoms with Gasteiger partial charge < -0.3 is 4.74 Å². The molecular formula is C17H16O. The van der Waals surface area contributed by atoms with Crippen molar-refractivity contribution in [3.05, 3.63) is 59.7 Å². The molecule has 0 saturated heterocycles. The Morgan fingerprint density at radius 3 is 2.39 bits per heavy atom. The molecule has 3 rings (SSSR count). The van der Waals surface area contributed by atoms with E-state index < -0.39 is 0 Å². The minimum Gasteiger partial charge on any atom is -0.497 e. The summed E-state index contributed by atoms with van der Waals surface area (Å²) in [6, 6.07) is 14.9. The van der Waals surface area contributed by atoms with Crippen LogP contribution in [0.15, 0.2) is 48.5 Å². The predicted molar refractivity (Wildman–Crippen MR) is 75.8 cm³/mol. The molecule has 90 valence electrons. The lowest BCUT2D eigenvalue weighted by atomic mass is 9.99. The quantitative estimate of drug-likeness (QED) is 0.754. The third kappa shape index (κ3) is 1.82. The highest BCUT2D eigenvalue weighted by molar-refractivity contribution is 5.76. The third-order valence-corrected chi connectivity index (χ3v) is 3.58. The Kier molecular flexibility index (Phi) is 2.67. The number of fused-ring (bicyclic) bond motifs is 1. The molecule has 0 radical (unpaired) electrons. The highest BCUT2D eigenvalue weighted by Crippen LogP contribution is 2.31. The molecule has 0 atom stereocenters. The lowest BCUT2D eigenvalue weighted by molar-refractivity contribution is 0.415. The molecule has 1 aliphatic rings. The second kappa shape index (κ2) is 4.34. The predicted octanol–water partition coefficient (Wildman–Crippen LogP) is 4.32. The summed E-state index contributed by atoms with van der Waals surface area (Å²) in [6.45, 7) is 2.18. The van der Waals surface area contributed by atoms with Crippen LogP contribution < -0.4 is 4.74 Å². The molecule has 2 aromatic carbocycles. The van der Waals surface area contributed by atoms with Gasteiger partial charge in [-0.05, 0) is 53.3 Å². The molecule has 0 spiro atoms. The minimum absolute atomic E-state index is 0.900. The highest BCUT2D eigenvalue weighted by Gasteiger charge is 2.11. The summed E-state index contributed by atoms with van der Waals surface area (Å²) in [7, 11) is 1.69. The van der Waals surface area contributed by atoms with Crippen LogP contribution in [0.2, 0.25) is 0 Å². The van der Waals surface area contributed by atoms with Crippen molar-refractivity contribution in [2.75, 3.05) is 7.11 Å². The number of ether oxygens (including phenoxy) is 1. The van der Waals surface area contributed by atoms with Crippen molar-refractivity contribution in [2.45, 2.75) is 13.3 Å². The minimum atomic E-state index is 0.900. The first-order valence-electron chi connectivity index (χ1n) is 6.22. The number of benzene rings is 2. The second-order valence-corrected chi connectivity index (χ2v) is 4.69. The number of hydrogen-bond acceptors (Lipinski definition) is 1. The smallest absolute Gasteiger partial charge is 0.118 e. The number of allylic oxidation sites excluding steroid dienone is 2. The molecule has 0 heterocycles. The van der Waals surface area contributed by atoms with Gasteiger partial charge in [0.05, 0.1) is 7.11 Å². The van der Waals surface area contributed by atoms with Crippen molar-refractivity contribution in [1.29, 1.82) is 0 Å². The molecule has 18 heavy (non-hydrogen) atoms. The van der Waals surface area contributed by atoms with E-state index in [1.54, 1.807) is 7.11 Å². The lowest BCUT2D eigenvalue weighted by Crippen LogP contribution is -1.86. The molecule has 0 N–H and O–H groups in total. The van der Waals surface area contributed by atoms with Gasteiger partial charge in [-0.3, -0.25) is 0 Å². The summed E-state index contributed by atoms with van der Waals surface area (Å²) >= 11 is 0. The van der Waals surface area contributed by atoms with E-state index in [0.717, 1.165) is 12.2 Å². The molecule has 1 heteroatoms. The fourth-order valence-corrected chi connectivity index (χ4v) is 2.48. The zero-order chi connectivity index (χ0) is 12.5. The Bertz CT molecular complexity index is 606. The summed E-state index contributed by atoms with van der Waals surface area (Å²) in [5, 5.41) is 0. The molecule has 0 unspecified atom stereocenters. The van der Waals surface area contributed by atoms with Crippen molar-refractivity contribution < 1.29 is 4.74 Å². The van der Waals surface area contributed by atoms with Gasteiger partial charge in [-0.2, -0.15) is 0 Å². The van der Waals surface area contributed by atoms with Crippen LogP contribution in [0.3, 0.4) is 0 Å². The van der Waals surface area contributed by atoms with Crippen molar-refractivity contribution in [2.24, 2.45) is 0 Å². The van der Waals surface area contributed by atoms with E-state index >= 15 is 0 Å². The van der Waals surface area contributed by atoms with Gasteiger partial charge in [0.25, 0.3) is 0 Å². The van der Waals surface area contributed by atoms with Crippen molar-refractivity contribution in [3.63, 3.8) is 0 Å². The summed E-state index contributed by atoms with van der Waals surface area (Å²) in [5.41, 5.74) is 6.74. The van der Waals surface area contributed by atoms with Gasteiger partial charge in [0.1, 0.15) is 5.75 Å². The average molecular weight is 236 g/mol. The monoisotopic (exact) mass is 236 g/mol. The standard InChI is InChI=1S/C17H16O/c1-12-3-4-15-11-14(7-10-17(12)15)13-5-8-16(18-2)9-6-13/h3,5-11H,4H2,1-2H3. The van der Waals surface area contributed by atoms with Crippen LogP contribution >= 0.6 is 0 Å². The fraction of sp³-hybridized carbons (Fsp3) is 0.176. The van der Waals surface area contributed by atoms with Crippen LogP contribution in [0.25, 0.3) is 16.7 Å². The Labute approximate surface area is 108 Å². The van der Waals surface area contributed by atoms with E-state index in [2.05, 4.69) is 43.3 Å². The van der Waals surface area contributed by atoms with Crippen LogP contribution in [0, 0.1) is 0 Å². The molecule has 0 aliphatic heterocycles. The van der Waals surface area contributed by atoms with Gasteiger partial charge in [0.15, 0.2) is 0 Å². The van der Waals surface area contributed by atoms with E-state index in [-0.39, 0.29) is 0 Å². The number of rotatable bonds is 2. The van der Waals surface area contributed by atoms with E-state index in [0.29, 0.717) is 0 Å². The Morgan fingerprint density at radius 2 is 1.67 bits per heavy atom. The summed E-state index contributed by atoms with van der Waals surface area (Å²) < 4.78 is 5.18. The zero-order valence-electron chi connectivity index (χ0n) is 10.7. The fourth-order valence-electron chi connectivity index (χ4n) is 2.48. The Hall–Kier alpha value is -2.02. The molecule has 0 saturated carbocycles. The molecule has 0 aromatic heterocycles. The molecule has 0 fully saturated rings. The third-order valence-electron chi connectivity index (χ3n) is 3.58. The van der Waals surface area contributed by atoms with Crippen molar-refractivity contribution >= 4 is 5.57 Å². The van der Waals surface area contributed by atoms with Crippen molar-refractivity contribution in [3.8, 4) is 16.9 Å². The topological polar surface area (TPSA) is 9.23 Å². The SMILES string of the molecule is COc1ccc(-c2ccc3c(c2)CC=C3C)cc1. The molecule has 0 amide bonds. The van der Waals surface area contributed by atoms with Gasteiger partial charge in [-0.15, -0.1) is 0 Å². The van der Waals surface area contributed by atoms with Crippen molar-refractivity contribution in [1.82, 2.24) is 0 Å². The van der Waals surface area contributed by atoms with Gasteiger partial charge >= 0.3 is 0 Å². The second-order valence-electron chi connectivity index (χ2n) is 4.69. The molecule has 0 bridgehead atoms. The van der Waals surface area contributed by atoms with Crippen LogP contribution in [0.5, 0.6) is 5.75 Å². The van der Waals surface area contributed by atoms with E-state index in [1.165, 1.54) is 27.8 Å². The maximum Gasteiger partial charge on any atom is 0.118 e. The van der Waals surface area contributed by atoms with Crippen LogP contribution in [0.1, 0.15) is 18.1 Å². The average Bonchev–Trinajstić information content (AvgIpc) is 2.80. The first-order chi connectivity index (χ1) is 8.78. The molecular weight excluding hydrogens is 220 g/mol. The molecule has 1 aliphatic carbocycles. The van der Waals surface area contributed by atoms with Gasteiger partial charge in [0, 0.05) is 0 Å². The van der Waals surface area contributed by atoms with Crippen LogP contribution in [-0.2, 0) is 6.42 Å². The van der Waals surface area contributed by atoms with Gasteiger partial charge in [-0.1, -0.05) is 36.4 Å². The van der Waals surface area contributed by atoms with Crippen LogP contribution in [0.4, 0.5) is 0 Å². The first kappa shape index (κ1) is 11.1. The Balaban J connectivity index is 1.98. The largest absolute Gasteiger partial charge is 0.497 e. The maximum atomic E-state index is 5.18. The maximum absolute atomic E-state index is 5.18. The number of methoxy groups -OCH3 is 1. The van der Waals surface area contributed by atoms with E-state index in [1.807, 2.05) is 12.1 Å². The number of hydrogen-bond donors (Lipinski definition) is 0. The zero-order valence-corrected chi connectivity index (χ0v) is 10.7. The summed E-state index contributed by atoms with van der Waals surface area (Å²) in [4.78, 5) is 0. The Morgan fingerprint density at radius 1 is 0.944 bits per heavy atom. The summed E-state index contributed by atoms with van der Waals surface area (Å²) in [5.74, 6) is 0.900. The van der Waals surface area contributed by atoms with Gasteiger partial charge in [0.2, 0.25) is 0 Å². The molecule has 2 aromatic rings. The normalized spacial score (nSPS) is 13.1. The highest BCUT2D eigenvalue weighted by atomic mass is 16.5. The summed E-state index contributed by atoms with van der Waals surface area (Å²) in [6.07, 6.45) is 3.35. The lowest BCUT2D eigenvalue weighted by Gasteiger charge is -2.07.